The summed E-state index contributed by atoms with van der Waals surface area (Å²) in [6, 6.07) is 3.15. The summed E-state index contributed by atoms with van der Waals surface area (Å²) in [7, 11) is 1.87. The molecule has 0 radical (unpaired) electrons. The van der Waals surface area contributed by atoms with Crippen LogP contribution in [0.3, 0.4) is 0 Å². The number of imide groups is 1. The lowest BCUT2D eigenvalue weighted by molar-refractivity contribution is -0.132. The summed E-state index contributed by atoms with van der Waals surface area (Å²) in [5.74, 6) is -0.167. The quantitative estimate of drug-likeness (QED) is 0.922. The van der Waals surface area contributed by atoms with E-state index in [1.165, 1.54) is 16.2 Å². The molecule has 19 heavy (non-hydrogen) atoms. The zero-order valence-electron chi connectivity index (χ0n) is 10.9. The van der Waals surface area contributed by atoms with Crippen LogP contribution in [-0.2, 0) is 11.3 Å². The van der Waals surface area contributed by atoms with Gasteiger partial charge in [0.25, 0.3) is 0 Å². The zero-order chi connectivity index (χ0) is 14.0. The first-order chi connectivity index (χ1) is 8.99. The van der Waals surface area contributed by atoms with Gasteiger partial charge in [0, 0.05) is 24.5 Å². The standard InChI is InChI=1S/C12H16ClN3O2S/c1-8(11(17)16-6-5-14-12(16)18)15(2)7-9-3-4-10(13)19-9/h3-4,8H,5-7H2,1-2H3,(H,14,18)/t8-/m1/s1. The van der Waals surface area contributed by atoms with Crippen molar-refractivity contribution >= 4 is 34.9 Å². The van der Waals surface area contributed by atoms with Gasteiger partial charge in [-0.2, -0.15) is 0 Å². The average molecular weight is 302 g/mol. The number of nitrogens with one attached hydrogen (secondary N) is 1. The summed E-state index contributed by atoms with van der Waals surface area (Å²) < 4.78 is 0.737. The fourth-order valence-corrected chi connectivity index (χ4v) is 3.07. The Morgan fingerprint density at radius 1 is 1.63 bits per heavy atom. The van der Waals surface area contributed by atoms with Crippen LogP contribution in [0.15, 0.2) is 12.1 Å². The molecular weight excluding hydrogens is 286 g/mol. The van der Waals surface area contributed by atoms with E-state index in [1.54, 1.807) is 0 Å². The van der Waals surface area contributed by atoms with Crippen molar-refractivity contribution in [1.29, 1.82) is 0 Å². The summed E-state index contributed by atoms with van der Waals surface area (Å²) in [6.45, 7) is 3.42. The molecule has 1 N–H and O–H groups in total. The van der Waals surface area contributed by atoms with E-state index in [4.69, 9.17) is 11.6 Å². The van der Waals surface area contributed by atoms with E-state index in [0.29, 0.717) is 19.6 Å². The van der Waals surface area contributed by atoms with Gasteiger partial charge in [0.05, 0.1) is 10.4 Å². The Kier molecular flexibility index (Phi) is 4.44. The molecule has 7 heteroatoms. The first-order valence-electron chi connectivity index (χ1n) is 6.02. The normalized spacial score (nSPS) is 16.8. The van der Waals surface area contributed by atoms with Crippen LogP contribution in [-0.4, -0.2) is 47.9 Å². The number of carbonyl (C=O) groups is 2. The molecule has 2 rings (SSSR count). The maximum Gasteiger partial charge on any atom is 0.324 e. The number of thiophene rings is 1. The van der Waals surface area contributed by atoms with Gasteiger partial charge in [0.1, 0.15) is 0 Å². The Bertz CT molecular complexity index is 491. The molecule has 1 fully saturated rings. The summed E-state index contributed by atoms with van der Waals surface area (Å²) in [5, 5.41) is 2.63. The molecule has 0 spiro atoms. The Morgan fingerprint density at radius 2 is 2.37 bits per heavy atom. The van der Waals surface area contributed by atoms with E-state index in [2.05, 4.69) is 5.32 Å². The maximum atomic E-state index is 12.2. The number of likely N-dealkylation sites (N-methyl/N-ethyl adjacent to an activating group) is 1. The van der Waals surface area contributed by atoms with Crippen molar-refractivity contribution in [3.8, 4) is 0 Å². The minimum absolute atomic E-state index is 0.167. The van der Waals surface area contributed by atoms with Crippen LogP contribution in [0.25, 0.3) is 0 Å². The third kappa shape index (κ3) is 3.26. The van der Waals surface area contributed by atoms with Crippen molar-refractivity contribution < 1.29 is 9.59 Å². The number of carbonyl (C=O) groups excluding carboxylic acids is 2. The highest BCUT2D eigenvalue weighted by molar-refractivity contribution is 7.16. The van der Waals surface area contributed by atoms with E-state index in [-0.39, 0.29) is 18.0 Å². The maximum absolute atomic E-state index is 12.2. The van der Waals surface area contributed by atoms with Crippen LogP contribution in [0.1, 0.15) is 11.8 Å². The number of hydrogen-bond donors (Lipinski definition) is 1. The molecule has 1 aromatic heterocycles. The smallest absolute Gasteiger partial charge is 0.324 e. The number of rotatable bonds is 4. The monoisotopic (exact) mass is 301 g/mol. The second-order valence-corrected chi connectivity index (χ2v) is 6.32. The van der Waals surface area contributed by atoms with Gasteiger partial charge in [-0.25, -0.2) is 4.79 Å². The Morgan fingerprint density at radius 3 is 2.89 bits per heavy atom. The Hall–Kier alpha value is -1.11. The molecule has 1 saturated heterocycles. The lowest BCUT2D eigenvalue weighted by Crippen LogP contribution is -2.46. The van der Waals surface area contributed by atoms with Crippen molar-refractivity contribution in [2.24, 2.45) is 0 Å². The number of nitrogens with zero attached hydrogens (tertiary/aromatic N) is 2. The number of urea groups is 1. The average Bonchev–Trinajstić information content (AvgIpc) is 2.96. The van der Waals surface area contributed by atoms with Gasteiger partial charge in [-0.15, -0.1) is 11.3 Å². The first-order valence-corrected chi connectivity index (χ1v) is 7.22. The number of hydrogen-bond acceptors (Lipinski definition) is 4. The van der Waals surface area contributed by atoms with Crippen LogP contribution >= 0.6 is 22.9 Å². The highest BCUT2D eigenvalue weighted by Gasteiger charge is 2.31. The lowest BCUT2D eigenvalue weighted by atomic mass is 10.2. The van der Waals surface area contributed by atoms with Gasteiger partial charge in [0.15, 0.2) is 0 Å². The highest BCUT2D eigenvalue weighted by atomic mass is 35.5. The summed E-state index contributed by atoms with van der Waals surface area (Å²) in [4.78, 5) is 27.9. The van der Waals surface area contributed by atoms with Crippen LogP contribution < -0.4 is 5.32 Å². The molecule has 1 aromatic rings. The molecule has 2 heterocycles. The van der Waals surface area contributed by atoms with Crippen molar-refractivity contribution in [3.63, 3.8) is 0 Å². The molecule has 0 aromatic carbocycles. The predicted octanol–water partition coefficient (Wildman–Crippen LogP) is 1.77. The lowest BCUT2D eigenvalue weighted by Gasteiger charge is -2.26. The second-order valence-electron chi connectivity index (χ2n) is 4.52. The van der Waals surface area contributed by atoms with E-state index in [1.807, 2.05) is 31.0 Å². The van der Waals surface area contributed by atoms with Crippen LogP contribution in [0.2, 0.25) is 4.34 Å². The summed E-state index contributed by atoms with van der Waals surface area (Å²) >= 11 is 7.38. The molecule has 0 bridgehead atoms. The first kappa shape index (κ1) is 14.3. The van der Waals surface area contributed by atoms with E-state index in [9.17, 15) is 9.59 Å². The Labute approximate surface area is 121 Å². The van der Waals surface area contributed by atoms with Gasteiger partial charge in [-0.3, -0.25) is 14.6 Å². The SMILES string of the molecule is C[C@H](C(=O)N1CCNC1=O)N(C)Cc1ccc(Cl)s1. The minimum Gasteiger partial charge on any atom is -0.336 e. The molecule has 104 valence electrons. The molecule has 0 aliphatic carbocycles. The van der Waals surface area contributed by atoms with Crippen molar-refractivity contribution in [3.05, 3.63) is 21.3 Å². The van der Waals surface area contributed by atoms with Crippen LogP contribution in [0.5, 0.6) is 0 Å². The van der Waals surface area contributed by atoms with Crippen LogP contribution in [0, 0.1) is 0 Å². The minimum atomic E-state index is -0.343. The summed E-state index contributed by atoms with van der Waals surface area (Å²) in [5.41, 5.74) is 0. The number of halogens is 1. The molecule has 3 amide bonds. The van der Waals surface area contributed by atoms with Crippen LogP contribution in [0.4, 0.5) is 4.79 Å². The fraction of sp³-hybridized carbons (Fsp3) is 0.500. The van der Waals surface area contributed by atoms with Gasteiger partial charge in [0.2, 0.25) is 5.91 Å². The number of amides is 3. The molecule has 0 unspecified atom stereocenters. The van der Waals surface area contributed by atoms with E-state index < -0.39 is 0 Å². The van der Waals surface area contributed by atoms with Gasteiger partial charge in [-0.05, 0) is 26.1 Å². The second kappa shape index (κ2) is 5.90. The van der Waals surface area contributed by atoms with Gasteiger partial charge >= 0.3 is 6.03 Å². The van der Waals surface area contributed by atoms with Crippen molar-refractivity contribution in [1.82, 2.24) is 15.1 Å². The molecule has 1 aliphatic heterocycles. The van der Waals surface area contributed by atoms with Crippen molar-refractivity contribution in [2.75, 3.05) is 20.1 Å². The molecule has 1 atom stereocenters. The summed E-state index contributed by atoms with van der Waals surface area (Å²) in [6.07, 6.45) is 0. The Balaban J connectivity index is 1.96. The fourth-order valence-electron chi connectivity index (χ4n) is 1.92. The third-order valence-electron chi connectivity index (χ3n) is 3.18. The highest BCUT2D eigenvalue weighted by Crippen LogP contribution is 2.23. The predicted molar refractivity (Wildman–Crippen MR) is 75.4 cm³/mol. The van der Waals surface area contributed by atoms with Crippen molar-refractivity contribution in [2.45, 2.75) is 19.5 Å². The zero-order valence-corrected chi connectivity index (χ0v) is 12.4. The van der Waals surface area contributed by atoms with Gasteiger partial charge < -0.3 is 5.32 Å². The topological polar surface area (TPSA) is 52.7 Å². The molecule has 1 aliphatic rings. The van der Waals surface area contributed by atoms with Gasteiger partial charge in [-0.1, -0.05) is 11.6 Å². The largest absolute Gasteiger partial charge is 0.336 e. The molecule has 5 nitrogen and oxygen atoms in total. The van der Waals surface area contributed by atoms with E-state index >= 15 is 0 Å². The molecular formula is C12H16ClN3O2S. The van der Waals surface area contributed by atoms with E-state index in [0.717, 1.165) is 9.21 Å². The third-order valence-corrected chi connectivity index (χ3v) is 4.39. The molecule has 0 saturated carbocycles.